The van der Waals surface area contributed by atoms with Crippen LogP contribution in [0.4, 0.5) is 0 Å². The maximum Gasteiger partial charge on any atom is 0.347 e. The molecule has 0 aliphatic carbocycles. The highest BCUT2D eigenvalue weighted by molar-refractivity contribution is 5.74. The minimum Gasteiger partial charge on any atom is -0.479 e. The monoisotopic (exact) mass is 236 g/mol. The molecular formula is C14H20O3. The summed E-state index contributed by atoms with van der Waals surface area (Å²) in [6, 6.07) is 7.83. The Hall–Kier alpha value is -1.51. The molecule has 0 fully saturated rings. The van der Waals surface area contributed by atoms with E-state index in [-0.39, 0.29) is 5.97 Å². The maximum absolute atomic E-state index is 11.4. The second-order valence-corrected chi connectivity index (χ2v) is 3.91. The number of hydrogen-bond acceptors (Lipinski definition) is 3. The van der Waals surface area contributed by atoms with Crippen molar-refractivity contribution in [3.8, 4) is 5.75 Å². The van der Waals surface area contributed by atoms with E-state index in [9.17, 15) is 4.79 Å². The molecule has 1 atom stereocenters. The quantitative estimate of drug-likeness (QED) is 0.712. The van der Waals surface area contributed by atoms with Crippen LogP contribution in [0.2, 0.25) is 0 Å². The summed E-state index contributed by atoms with van der Waals surface area (Å²) in [6.07, 6.45) is 1.62. The molecule has 0 saturated carbocycles. The van der Waals surface area contributed by atoms with Gasteiger partial charge in [0.25, 0.3) is 0 Å². The van der Waals surface area contributed by atoms with Crippen LogP contribution >= 0.6 is 0 Å². The molecule has 3 heteroatoms. The average molecular weight is 236 g/mol. The molecule has 0 amide bonds. The first-order chi connectivity index (χ1) is 8.17. The van der Waals surface area contributed by atoms with Gasteiger partial charge < -0.3 is 9.47 Å². The summed E-state index contributed by atoms with van der Waals surface area (Å²) in [5, 5.41) is 0. The molecule has 94 valence electrons. The second-order valence-electron chi connectivity index (χ2n) is 3.91. The standard InChI is InChI=1S/C14H20O3/c1-4-6-12-7-9-13(10-8-12)17-11(3)14(15)16-5-2/h7-11H,4-6H2,1-3H3. The van der Waals surface area contributed by atoms with E-state index < -0.39 is 6.10 Å². The van der Waals surface area contributed by atoms with Gasteiger partial charge in [-0.1, -0.05) is 25.5 Å². The number of benzene rings is 1. The van der Waals surface area contributed by atoms with Gasteiger partial charge in [-0.25, -0.2) is 4.79 Å². The van der Waals surface area contributed by atoms with Gasteiger partial charge in [-0.05, 0) is 38.0 Å². The van der Waals surface area contributed by atoms with E-state index >= 15 is 0 Å². The van der Waals surface area contributed by atoms with Crippen LogP contribution in [-0.2, 0) is 16.0 Å². The predicted molar refractivity (Wildman–Crippen MR) is 67.2 cm³/mol. The molecule has 1 unspecified atom stereocenters. The third-order valence-corrected chi connectivity index (χ3v) is 2.39. The van der Waals surface area contributed by atoms with Crippen LogP contribution in [0.15, 0.2) is 24.3 Å². The lowest BCUT2D eigenvalue weighted by molar-refractivity contribution is -0.150. The molecule has 0 spiro atoms. The Morgan fingerprint density at radius 2 is 1.88 bits per heavy atom. The van der Waals surface area contributed by atoms with Gasteiger partial charge >= 0.3 is 5.97 Å². The zero-order valence-electron chi connectivity index (χ0n) is 10.7. The Morgan fingerprint density at radius 3 is 2.41 bits per heavy atom. The van der Waals surface area contributed by atoms with Crippen LogP contribution in [0, 0.1) is 0 Å². The molecule has 1 rings (SSSR count). The zero-order valence-corrected chi connectivity index (χ0v) is 10.7. The maximum atomic E-state index is 11.4. The van der Waals surface area contributed by atoms with Gasteiger partial charge in [-0.15, -0.1) is 0 Å². The fraction of sp³-hybridized carbons (Fsp3) is 0.500. The average Bonchev–Trinajstić information content (AvgIpc) is 2.32. The third kappa shape index (κ3) is 4.47. The summed E-state index contributed by atoms with van der Waals surface area (Å²) >= 11 is 0. The van der Waals surface area contributed by atoms with Crippen molar-refractivity contribution in [1.29, 1.82) is 0 Å². The number of esters is 1. The minimum absolute atomic E-state index is 0.329. The first-order valence-electron chi connectivity index (χ1n) is 6.09. The minimum atomic E-state index is -0.563. The van der Waals surface area contributed by atoms with Crippen LogP contribution in [-0.4, -0.2) is 18.7 Å². The molecule has 0 bridgehead atoms. The largest absolute Gasteiger partial charge is 0.479 e. The Morgan fingerprint density at radius 1 is 1.24 bits per heavy atom. The van der Waals surface area contributed by atoms with E-state index in [1.807, 2.05) is 24.3 Å². The van der Waals surface area contributed by atoms with Crippen molar-refractivity contribution in [2.45, 2.75) is 39.7 Å². The third-order valence-electron chi connectivity index (χ3n) is 2.39. The summed E-state index contributed by atoms with van der Waals surface area (Å²) in [4.78, 5) is 11.4. The van der Waals surface area contributed by atoms with E-state index in [0.717, 1.165) is 12.8 Å². The van der Waals surface area contributed by atoms with E-state index in [1.54, 1.807) is 13.8 Å². The van der Waals surface area contributed by atoms with Gasteiger partial charge in [-0.2, -0.15) is 0 Å². The molecule has 1 aromatic carbocycles. The molecule has 0 aliphatic rings. The van der Waals surface area contributed by atoms with E-state index in [1.165, 1.54) is 5.56 Å². The van der Waals surface area contributed by atoms with Crippen molar-refractivity contribution in [3.63, 3.8) is 0 Å². The van der Waals surface area contributed by atoms with Gasteiger partial charge in [0.05, 0.1) is 6.61 Å². The summed E-state index contributed by atoms with van der Waals surface area (Å²) in [5.74, 6) is 0.371. The SMILES string of the molecule is CCCc1ccc(OC(C)C(=O)OCC)cc1. The van der Waals surface area contributed by atoms with Crippen molar-refractivity contribution in [1.82, 2.24) is 0 Å². The highest BCUT2D eigenvalue weighted by Gasteiger charge is 2.15. The van der Waals surface area contributed by atoms with Gasteiger partial charge in [-0.3, -0.25) is 0 Å². The number of carbonyl (C=O) groups is 1. The highest BCUT2D eigenvalue weighted by Crippen LogP contribution is 2.15. The second kappa shape index (κ2) is 6.94. The summed E-state index contributed by atoms with van der Waals surface area (Å²) in [5.41, 5.74) is 1.28. The molecule has 0 saturated heterocycles. The molecule has 0 radical (unpaired) electrons. The van der Waals surface area contributed by atoms with Crippen molar-refractivity contribution < 1.29 is 14.3 Å². The Labute approximate surface area is 103 Å². The van der Waals surface area contributed by atoms with Crippen molar-refractivity contribution >= 4 is 5.97 Å². The molecule has 0 N–H and O–H groups in total. The Bertz CT molecular complexity index is 343. The smallest absolute Gasteiger partial charge is 0.347 e. The number of ether oxygens (including phenoxy) is 2. The molecule has 0 aromatic heterocycles. The van der Waals surface area contributed by atoms with Crippen LogP contribution < -0.4 is 4.74 Å². The van der Waals surface area contributed by atoms with Gasteiger partial charge in [0, 0.05) is 0 Å². The fourth-order valence-electron chi connectivity index (χ4n) is 1.54. The molecule has 17 heavy (non-hydrogen) atoms. The summed E-state index contributed by atoms with van der Waals surface area (Å²) < 4.78 is 10.4. The lowest BCUT2D eigenvalue weighted by atomic mass is 10.1. The zero-order chi connectivity index (χ0) is 12.7. The van der Waals surface area contributed by atoms with E-state index in [4.69, 9.17) is 9.47 Å². The number of carbonyl (C=O) groups excluding carboxylic acids is 1. The van der Waals surface area contributed by atoms with Crippen molar-refractivity contribution in [3.05, 3.63) is 29.8 Å². The van der Waals surface area contributed by atoms with Crippen molar-refractivity contribution in [2.75, 3.05) is 6.61 Å². The van der Waals surface area contributed by atoms with Crippen LogP contribution in [0.3, 0.4) is 0 Å². The van der Waals surface area contributed by atoms with Crippen LogP contribution in [0.5, 0.6) is 5.75 Å². The molecule has 3 nitrogen and oxygen atoms in total. The van der Waals surface area contributed by atoms with Crippen molar-refractivity contribution in [2.24, 2.45) is 0 Å². The first kappa shape index (κ1) is 13.6. The molecule has 0 aliphatic heterocycles. The van der Waals surface area contributed by atoms with E-state index in [0.29, 0.717) is 12.4 Å². The molecule has 1 aromatic rings. The normalized spacial score (nSPS) is 11.9. The molecular weight excluding hydrogens is 216 g/mol. The summed E-state index contributed by atoms with van der Waals surface area (Å²) in [6.45, 7) is 6.00. The fourth-order valence-corrected chi connectivity index (χ4v) is 1.54. The van der Waals surface area contributed by atoms with Gasteiger partial charge in [0.15, 0.2) is 6.10 Å². The number of rotatable bonds is 6. The topological polar surface area (TPSA) is 35.5 Å². The number of hydrogen-bond donors (Lipinski definition) is 0. The first-order valence-corrected chi connectivity index (χ1v) is 6.09. The Balaban J connectivity index is 2.53. The van der Waals surface area contributed by atoms with E-state index in [2.05, 4.69) is 6.92 Å². The van der Waals surface area contributed by atoms with Crippen LogP contribution in [0.25, 0.3) is 0 Å². The van der Waals surface area contributed by atoms with Gasteiger partial charge in [0.2, 0.25) is 0 Å². The van der Waals surface area contributed by atoms with Gasteiger partial charge in [0.1, 0.15) is 5.75 Å². The molecule has 0 heterocycles. The highest BCUT2D eigenvalue weighted by atomic mass is 16.6. The number of aryl methyl sites for hydroxylation is 1. The van der Waals surface area contributed by atoms with Crippen LogP contribution in [0.1, 0.15) is 32.8 Å². The Kier molecular flexibility index (Phi) is 5.53. The lowest BCUT2D eigenvalue weighted by Gasteiger charge is -2.13. The lowest BCUT2D eigenvalue weighted by Crippen LogP contribution is -2.26. The predicted octanol–water partition coefficient (Wildman–Crippen LogP) is 2.97. The summed E-state index contributed by atoms with van der Waals surface area (Å²) in [7, 11) is 0.